The molecule has 0 atom stereocenters. The molecule has 5 heteroatoms. The number of Topliss-reactive ketones (excluding diaryl/α,β-unsaturated/α-hetero) is 1. The highest BCUT2D eigenvalue weighted by Crippen LogP contribution is 1.97. The first kappa shape index (κ1) is 18.8. The Labute approximate surface area is 109 Å². The van der Waals surface area contributed by atoms with Crippen molar-refractivity contribution in [1.82, 2.24) is 5.32 Å². The Balaban J connectivity index is 0. The maximum Gasteiger partial charge on any atom is 0.159 e. The van der Waals surface area contributed by atoms with Crippen LogP contribution < -0.4 is 16.8 Å². The maximum atomic E-state index is 10.6. The van der Waals surface area contributed by atoms with Gasteiger partial charge < -0.3 is 21.6 Å². The molecule has 5 N–H and O–H groups in total. The van der Waals surface area contributed by atoms with Crippen molar-refractivity contribution in [1.29, 1.82) is 0 Å². The van der Waals surface area contributed by atoms with Gasteiger partial charge in [-0.15, -0.1) is 0 Å². The molecule has 102 valence electrons. The molecule has 0 heterocycles. The zero-order valence-electron chi connectivity index (χ0n) is 10.9. The molecule has 18 heavy (non-hydrogen) atoms. The highest BCUT2D eigenvalue weighted by Gasteiger charge is 1.92. The lowest BCUT2D eigenvalue weighted by molar-refractivity contribution is -0.0979. The van der Waals surface area contributed by atoms with Crippen molar-refractivity contribution in [2.24, 2.45) is 11.5 Å². The van der Waals surface area contributed by atoms with Crippen molar-refractivity contribution in [2.45, 2.75) is 6.92 Å². The number of hydrogen-bond acceptors (Lipinski definition) is 5. The largest absolute Gasteiger partial charge is 0.329 e. The molecule has 0 saturated heterocycles. The third-order valence-electron chi connectivity index (χ3n) is 1.82. The van der Waals surface area contributed by atoms with Crippen LogP contribution in [0.2, 0.25) is 0 Å². The van der Waals surface area contributed by atoms with E-state index in [0.717, 1.165) is 18.7 Å². The average molecular weight is 253 g/mol. The summed E-state index contributed by atoms with van der Waals surface area (Å²) in [5.41, 5.74) is 11.1. The van der Waals surface area contributed by atoms with Gasteiger partial charge in [0.25, 0.3) is 0 Å². The normalized spacial score (nSPS) is 8.39. The molecular weight excluding hydrogens is 230 g/mol. The summed E-state index contributed by atoms with van der Waals surface area (Å²) in [6, 6.07) is 9.23. The van der Waals surface area contributed by atoms with Crippen LogP contribution in [0.3, 0.4) is 0 Å². The van der Waals surface area contributed by atoms with Gasteiger partial charge in [-0.05, 0) is 6.92 Å². The molecule has 0 aromatic heterocycles. The van der Waals surface area contributed by atoms with Crippen molar-refractivity contribution in [3.8, 4) is 0 Å². The quantitative estimate of drug-likeness (QED) is 0.514. The maximum absolute atomic E-state index is 10.6. The highest BCUT2D eigenvalue weighted by atomic mass is 16.1. The molecule has 0 aliphatic rings. The predicted molar refractivity (Wildman–Crippen MR) is 74.5 cm³/mol. The zero-order chi connectivity index (χ0) is 14.2. The summed E-state index contributed by atoms with van der Waals surface area (Å²) < 4.78 is 0. The van der Waals surface area contributed by atoms with Gasteiger partial charge >= 0.3 is 0 Å². The molecule has 1 aromatic carbocycles. The number of hydrogen-bond donors (Lipinski definition) is 3. The van der Waals surface area contributed by atoms with Crippen LogP contribution in [0.5, 0.6) is 0 Å². The van der Waals surface area contributed by atoms with Crippen LogP contribution in [-0.2, 0) is 4.79 Å². The number of nitrogens with two attached hydrogens (primary N) is 2. The first-order valence-corrected chi connectivity index (χ1v) is 5.68. The summed E-state index contributed by atoms with van der Waals surface area (Å²) in [5.74, 6) is 0.121. The summed E-state index contributed by atoms with van der Waals surface area (Å²) in [6.45, 7) is 6.70. The van der Waals surface area contributed by atoms with E-state index >= 15 is 0 Å². The second-order valence-electron chi connectivity index (χ2n) is 3.25. The van der Waals surface area contributed by atoms with Gasteiger partial charge in [0.05, 0.1) is 0 Å². The van der Waals surface area contributed by atoms with Gasteiger partial charge in [-0.2, -0.15) is 0 Å². The van der Waals surface area contributed by atoms with Crippen LogP contribution >= 0.6 is 0 Å². The Morgan fingerprint density at radius 2 is 1.56 bits per heavy atom. The van der Waals surface area contributed by atoms with E-state index in [-0.39, 0.29) is 5.78 Å². The van der Waals surface area contributed by atoms with Crippen molar-refractivity contribution in [2.75, 3.05) is 26.2 Å². The van der Waals surface area contributed by atoms with E-state index in [0.29, 0.717) is 13.1 Å². The number of carbonyl (C=O) groups is 2. The lowest BCUT2D eigenvalue weighted by atomic mass is 10.2. The molecule has 0 unspecified atom stereocenters. The van der Waals surface area contributed by atoms with Gasteiger partial charge in [0.1, 0.15) is 6.79 Å². The number of ketones is 1. The Kier molecular flexibility index (Phi) is 16.1. The fraction of sp³-hybridized carbons (Fsp3) is 0.385. The van der Waals surface area contributed by atoms with Crippen molar-refractivity contribution in [3.63, 3.8) is 0 Å². The molecule has 0 saturated carbocycles. The Hall–Kier alpha value is -1.56. The molecule has 1 rings (SSSR count). The number of carbonyl (C=O) groups excluding carboxylic acids is 2. The van der Waals surface area contributed by atoms with E-state index in [4.69, 9.17) is 16.3 Å². The molecule has 0 radical (unpaired) electrons. The van der Waals surface area contributed by atoms with Crippen molar-refractivity contribution < 1.29 is 9.59 Å². The topological polar surface area (TPSA) is 98.2 Å². The van der Waals surface area contributed by atoms with E-state index in [1.807, 2.05) is 37.1 Å². The smallest absolute Gasteiger partial charge is 0.159 e. The monoisotopic (exact) mass is 253 g/mol. The van der Waals surface area contributed by atoms with Crippen LogP contribution in [0.25, 0.3) is 0 Å². The van der Waals surface area contributed by atoms with Gasteiger partial charge in [0, 0.05) is 31.7 Å². The lowest BCUT2D eigenvalue weighted by Gasteiger charge is -1.95. The molecular formula is C13H23N3O2. The minimum atomic E-state index is 0.121. The standard InChI is InChI=1S/C8H8O.C4H13N3.CH2O/c1-7(9)8-5-3-2-4-6-8;5-1-3-7-4-2-6;1-2/h2-6H,1H3;7H,1-6H2;1H2. The molecule has 5 nitrogen and oxygen atoms in total. The SMILES string of the molecule is C=O.CC(=O)c1ccccc1.NCCNCCN. The van der Waals surface area contributed by atoms with Gasteiger partial charge in [-0.3, -0.25) is 4.79 Å². The van der Waals surface area contributed by atoms with Crippen LogP contribution in [0.1, 0.15) is 17.3 Å². The fourth-order valence-electron chi connectivity index (χ4n) is 1.00. The Bertz CT molecular complexity index is 288. The van der Waals surface area contributed by atoms with Gasteiger partial charge in [-0.1, -0.05) is 30.3 Å². The number of rotatable bonds is 5. The third kappa shape index (κ3) is 12.5. The number of benzene rings is 1. The Morgan fingerprint density at radius 1 is 1.11 bits per heavy atom. The van der Waals surface area contributed by atoms with Gasteiger partial charge in [0.2, 0.25) is 0 Å². The molecule has 0 aliphatic heterocycles. The summed E-state index contributed by atoms with van der Waals surface area (Å²) in [4.78, 5) is 18.6. The summed E-state index contributed by atoms with van der Waals surface area (Å²) in [6.07, 6.45) is 0. The van der Waals surface area contributed by atoms with Crippen LogP contribution in [0.15, 0.2) is 30.3 Å². The Morgan fingerprint density at radius 3 is 1.83 bits per heavy atom. The van der Waals surface area contributed by atoms with Crippen molar-refractivity contribution in [3.05, 3.63) is 35.9 Å². The minimum absolute atomic E-state index is 0.121. The van der Waals surface area contributed by atoms with Gasteiger partial charge in [0.15, 0.2) is 5.78 Å². The van der Waals surface area contributed by atoms with E-state index < -0.39 is 0 Å². The van der Waals surface area contributed by atoms with E-state index in [9.17, 15) is 4.79 Å². The molecule has 0 bridgehead atoms. The van der Waals surface area contributed by atoms with Crippen LogP contribution in [-0.4, -0.2) is 38.8 Å². The summed E-state index contributed by atoms with van der Waals surface area (Å²) in [7, 11) is 0. The molecule has 0 amide bonds. The zero-order valence-corrected chi connectivity index (χ0v) is 10.9. The molecule has 0 fully saturated rings. The molecule has 0 spiro atoms. The third-order valence-corrected chi connectivity index (χ3v) is 1.82. The van der Waals surface area contributed by atoms with E-state index in [1.165, 1.54) is 0 Å². The molecule has 0 aliphatic carbocycles. The molecule has 1 aromatic rings. The number of nitrogens with one attached hydrogen (secondary N) is 1. The van der Waals surface area contributed by atoms with Crippen LogP contribution in [0, 0.1) is 0 Å². The van der Waals surface area contributed by atoms with E-state index in [1.54, 1.807) is 6.92 Å². The minimum Gasteiger partial charge on any atom is -0.329 e. The van der Waals surface area contributed by atoms with Gasteiger partial charge in [-0.25, -0.2) is 0 Å². The summed E-state index contributed by atoms with van der Waals surface area (Å²) >= 11 is 0. The summed E-state index contributed by atoms with van der Waals surface area (Å²) in [5, 5.41) is 3.03. The van der Waals surface area contributed by atoms with Crippen LogP contribution in [0.4, 0.5) is 0 Å². The predicted octanol–water partition coefficient (Wildman–Crippen LogP) is 0.198. The first-order valence-electron chi connectivity index (χ1n) is 5.68. The second-order valence-corrected chi connectivity index (χ2v) is 3.25. The second kappa shape index (κ2) is 15.4. The lowest BCUT2D eigenvalue weighted by Crippen LogP contribution is -2.27. The van der Waals surface area contributed by atoms with E-state index in [2.05, 4.69) is 5.32 Å². The highest BCUT2D eigenvalue weighted by molar-refractivity contribution is 5.93. The fourth-order valence-corrected chi connectivity index (χ4v) is 1.00. The first-order chi connectivity index (χ1) is 8.72. The van der Waals surface area contributed by atoms with Crippen molar-refractivity contribution >= 4 is 12.6 Å². The average Bonchev–Trinajstić information content (AvgIpc) is 2.43.